The minimum atomic E-state index is -4.42. The second-order valence-corrected chi connectivity index (χ2v) is 5.79. The molecule has 0 bridgehead atoms. The van der Waals surface area contributed by atoms with Gasteiger partial charge in [0.05, 0.1) is 5.94 Å². The van der Waals surface area contributed by atoms with Crippen molar-refractivity contribution in [2.24, 2.45) is 0 Å². The molecule has 1 aromatic rings. The highest BCUT2D eigenvalue weighted by Crippen LogP contribution is 2.35. The molecule has 0 heterocycles. The average molecular weight is 278 g/mol. The van der Waals surface area contributed by atoms with Crippen molar-refractivity contribution >= 4 is 19.6 Å². The molecule has 2 N–H and O–H groups in total. The van der Waals surface area contributed by atoms with Crippen LogP contribution >= 0.6 is 19.6 Å². The number of rotatable bonds is 7. The van der Waals surface area contributed by atoms with Crippen molar-refractivity contribution in [2.75, 3.05) is 12.7 Å². The molecule has 0 aliphatic heterocycles. The molecular formula is C10H15O5PS. The van der Waals surface area contributed by atoms with Crippen LogP contribution < -0.4 is 0 Å². The first kappa shape index (κ1) is 14.7. The SMILES string of the molecule is CC(SCOCOP(=O)(O)O)c1ccccc1. The van der Waals surface area contributed by atoms with Crippen LogP contribution in [0.25, 0.3) is 0 Å². The average Bonchev–Trinajstić information content (AvgIpc) is 2.28. The number of thioether (sulfide) groups is 1. The van der Waals surface area contributed by atoms with E-state index in [1.54, 1.807) is 0 Å². The van der Waals surface area contributed by atoms with Crippen molar-refractivity contribution in [2.45, 2.75) is 12.2 Å². The lowest BCUT2D eigenvalue weighted by Crippen LogP contribution is -1.99. The number of benzene rings is 1. The number of phosphoric ester groups is 1. The fourth-order valence-corrected chi connectivity index (χ4v) is 2.04. The Balaban J connectivity index is 2.17. The molecule has 0 aliphatic carbocycles. The van der Waals surface area contributed by atoms with Crippen molar-refractivity contribution in [3.05, 3.63) is 35.9 Å². The fourth-order valence-electron chi connectivity index (χ4n) is 1.11. The van der Waals surface area contributed by atoms with Crippen LogP contribution in [0.3, 0.4) is 0 Å². The lowest BCUT2D eigenvalue weighted by Gasteiger charge is -2.11. The first-order chi connectivity index (χ1) is 7.99. The Kier molecular flexibility index (Phi) is 6.19. The minimum Gasteiger partial charge on any atom is -0.344 e. The number of phosphoric acid groups is 1. The van der Waals surface area contributed by atoms with Gasteiger partial charge in [0.15, 0.2) is 6.79 Å². The summed E-state index contributed by atoms with van der Waals surface area (Å²) in [6, 6.07) is 9.91. The summed E-state index contributed by atoms with van der Waals surface area (Å²) in [7, 11) is -4.42. The van der Waals surface area contributed by atoms with Crippen LogP contribution in [0.5, 0.6) is 0 Å². The number of hydrogen-bond donors (Lipinski definition) is 2. The van der Waals surface area contributed by atoms with Crippen LogP contribution in [0.15, 0.2) is 30.3 Å². The molecule has 0 aliphatic rings. The second-order valence-electron chi connectivity index (χ2n) is 3.28. The standard InChI is InChI=1S/C10H15O5PS/c1-9(10-5-3-2-4-6-10)17-8-14-7-15-16(11,12)13/h2-6,9H,7-8H2,1H3,(H2,11,12,13). The van der Waals surface area contributed by atoms with Gasteiger partial charge in [-0.15, -0.1) is 11.8 Å². The van der Waals surface area contributed by atoms with Crippen molar-refractivity contribution in [3.8, 4) is 0 Å². The van der Waals surface area contributed by atoms with Crippen LogP contribution in [-0.2, 0) is 13.8 Å². The van der Waals surface area contributed by atoms with Gasteiger partial charge in [0.1, 0.15) is 0 Å². The Bertz CT molecular complexity index is 366. The van der Waals surface area contributed by atoms with Crippen LogP contribution in [-0.4, -0.2) is 22.5 Å². The summed E-state index contributed by atoms with van der Waals surface area (Å²) in [4.78, 5) is 16.8. The van der Waals surface area contributed by atoms with Gasteiger partial charge in [0.2, 0.25) is 0 Å². The summed E-state index contributed by atoms with van der Waals surface area (Å²) < 4.78 is 19.4. The van der Waals surface area contributed by atoms with Gasteiger partial charge in [-0.1, -0.05) is 30.3 Å². The highest BCUT2D eigenvalue weighted by molar-refractivity contribution is 7.99. The Morgan fingerprint density at radius 2 is 2.00 bits per heavy atom. The molecule has 0 aromatic heterocycles. The van der Waals surface area contributed by atoms with Gasteiger partial charge in [-0.2, -0.15) is 0 Å². The molecule has 5 nitrogen and oxygen atoms in total. The Morgan fingerprint density at radius 1 is 1.35 bits per heavy atom. The zero-order chi connectivity index (χ0) is 12.7. The van der Waals surface area contributed by atoms with Gasteiger partial charge in [-0.25, -0.2) is 4.57 Å². The van der Waals surface area contributed by atoms with Gasteiger partial charge in [-0.05, 0) is 12.5 Å². The maximum Gasteiger partial charge on any atom is 0.471 e. The monoisotopic (exact) mass is 278 g/mol. The zero-order valence-corrected chi connectivity index (χ0v) is 11.1. The number of hydrogen-bond acceptors (Lipinski definition) is 4. The summed E-state index contributed by atoms with van der Waals surface area (Å²) >= 11 is 1.52. The smallest absolute Gasteiger partial charge is 0.344 e. The van der Waals surface area contributed by atoms with Crippen molar-refractivity contribution in [3.63, 3.8) is 0 Å². The summed E-state index contributed by atoms with van der Waals surface area (Å²) in [5.74, 6) is 0.316. The Labute approximate surface area is 104 Å². The van der Waals surface area contributed by atoms with E-state index < -0.39 is 14.6 Å². The molecule has 1 aromatic carbocycles. The summed E-state index contributed by atoms with van der Waals surface area (Å²) in [6.07, 6.45) is 0. The highest BCUT2D eigenvalue weighted by atomic mass is 32.2. The van der Waals surface area contributed by atoms with Gasteiger partial charge >= 0.3 is 7.82 Å². The first-order valence-corrected chi connectivity index (χ1v) is 7.51. The molecule has 0 spiro atoms. The molecule has 17 heavy (non-hydrogen) atoms. The third kappa shape index (κ3) is 6.83. The Morgan fingerprint density at radius 3 is 2.59 bits per heavy atom. The molecule has 0 radical (unpaired) electrons. The third-order valence-electron chi connectivity index (χ3n) is 1.97. The highest BCUT2D eigenvalue weighted by Gasteiger charge is 2.13. The van der Waals surface area contributed by atoms with E-state index in [9.17, 15) is 4.57 Å². The molecule has 0 amide bonds. The summed E-state index contributed by atoms with van der Waals surface area (Å²) in [5, 5.41) is 0.256. The molecule has 0 saturated heterocycles. The molecule has 0 fully saturated rings. The normalized spacial score (nSPS) is 13.6. The Hall–Kier alpha value is -0.360. The molecule has 0 saturated carbocycles. The van der Waals surface area contributed by atoms with E-state index in [1.165, 1.54) is 17.3 Å². The summed E-state index contributed by atoms with van der Waals surface area (Å²) in [6.45, 7) is 1.63. The van der Waals surface area contributed by atoms with Crippen molar-refractivity contribution in [1.29, 1.82) is 0 Å². The quantitative estimate of drug-likeness (QED) is 0.453. The molecule has 7 heteroatoms. The fraction of sp³-hybridized carbons (Fsp3) is 0.400. The largest absolute Gasteiger partial charge is 0.471 e. The first-order valence-electron chi connectivity index (χ1n) is 4.93. The van der Waals surface area contributed by atoms with Gasteiger partial charge in [0.25, 0.3) is 0 Å². The zero-order valence-electron chi connectivity index (χ0n) is 9.35. The van der Waals surface area contributed by atoms with Gasteiger partial charge < -0.3 is 14.5 Å². The van der Waals surface area contributed by atoms with E-state index in [-0.39, 0.29) is 5.25 Å². The van der Waals surface area contributed by atoms with Crippen LogP contribution in [0.2, 0.25) is 0 Å². The molecular weight excluding hydrogens is 263 g/mol. The maximum atomic E-state index is 10.3. The predicted molar refractivity (Wildman–Crippen MR) is 66.4 cm³/mol. The lowest BCUT2D eigenvalue weighted by atomic mass is 10.2. The van der Waals surface area contributed by atoms with Crippen LogP contribution in [0.1, 0.15) is 17.7 Å². The third-order valence-corrected chi connectivity index (χ3v) is 3.49. The van der Waals surface area contributed by atoms with E-state index in [4.69, 9.17) is 14.5 Å². The summed E-state index contributed by atoms with van der Waals surface area (Å²) in [5.41, 5.74) is 1.18. The maximum absolute atomic E-state index is 10.3. The minimum absolute atomic E-state index is 0.256. The predicted octanol–water partition coefficient (Wildman–Crippen LogP) is 2.52. The number of ether oxygens (including phenoxy) is 1. The van der Waals surface area contributed by atoms with Gasteiger partial charge in [0, 0.05) is 5.25 Å². The van der Waals surface area contributed by atoms with E-state index in [1.807, 2.05) is 37.3 Å². The lowest BCUT2D eigenvalue weighted by molar-refractivity contribution is 0.0209. The molecule has 1 rings (SSSR count). The van der Waals surface area contributed by atoms with Crippen molar-refractivity contribution in [1.82, 2.24) is 0 Å². The van der Waals surface area contributed by atoms with Crippen LogP contribution in [0, 0.1) is 0 Å². The second kappa shape index (κ2) is 7.16. The van der Waals surface area contributed by atoms with Crippen LogP contribution in [0.4, 0.5) is 0 Å². The van der Waals surface area contributed by atoms with E-state index in [0.717, 1.165) is 0 Å². The topological polar surface area (TPSA) is 76.0 Å². The van der Waals surface area contributed by atoms with Gasteiger partial charge in [-0.3, -0.25) is 4.52 Å². The molecule has 96 valence electrons. The molecule has 1 atom stereocenters. The van der Waals surface area contributed by atoms with E-state index >= 15 is 0 Å². The molecule has 1 unspecified atom stereocenters. The van der Waals surface area contributed by atoms with Crippen molar-refractivity contribution < 1.29 is 23.6 Å². The van der Waals surface area contributed by atoms with E-state index in [0.29, 0.717) is 5.94 Å². The van der Waals surface area contributed by atoms with E-state index in [2.05, 4.69) is 4.52 Å².